The lowest BCUT2D eigenvalue weighted by Gasteiger charge is -2.06. The van der Waals surface area contributed by atoms with Crippen molar-refractivity contribution in [3.8, 4) is 5.75 Å². The molecule has 24 heavy (non-hydrogen) atoms. The molecule has 2 rings (SSSR count). The number of methoxy groups -OCH3 is 1. The number of ether oxygens (including phenoxy) is 1. The first-order valence-corrected chi connectivity index (χ1v) is 7.79. The van der Waals surface area contributed by atoms with E-state index >= 15 is 0 Å². The van der Waals surface area contributed by atoms with Crippen molar-refractivity contribution in [3.05, 3.63) is 54.0 Å². The number of rotatable bonds is 10. The van der Waals surface area contributed by atoms with Crippen LogP contribution in [0.1, 0.15) is 35.4 Å². The number of hydrogen-bond donors (Lipinski definition) is 1. The van der Waals surface area contributed by atoms with Crippen LogP contribution in [-0.2, 0) is 16.1 Å². The molecule has 0 spiro atoms. The van der Waals surface area contributed by atoms with Crippen LogP contribution >= 0.6 is 0 Å². The van der Waals surface area contributed by atoms with Crippen molar-refractivity contribution in [1.29, 1.82) is 0 Å². The van der Waals surface area contributed by atoms with Crippen molar-refractivity contribution >= 4 is 11.7 Å². The second-order valence-corrected chi connectivity index (χ2v) is 5.21. The first-order valence-electron chi connectivity index (χ1n) is 7.79. The van der Waals surface area contributed by atoms with Gasteiger partial charge in [-0.1, -0.05) is 12.1 Å². The van der Waals surface area contributed by atoms with Crippen molar-refractivity contribution in [2.45, 2.75) is 25.7 Å². The van der Waals surface area contributed by atoms with Crippen molar-refractivity contribution in [2.24, 2.45) is 0 Å². The number of aryl methyl sites for hydroxylation is 1. The summed E-state index contributed by atoms with van der Waals surface area (Å²) < 4.78 is 10.3. The molecule has 128 valence electrons. The Labute approximate surface area is 140 Å². The Morgan fingerprint density at radius 1 is 1.17 bits per heavy atom. The molecule has 0 fully saturated rings. The Morgan fingerprint density at radius 3 is 2.79 bits per heavy atom. The number of benzene rings is 1. The Kier molecular flexibility index (Phi) is 7.04. The van der Waals surface area contributed by atoms with E-state index in [4.69, 9.17) is 14.0 Å². The average Bonchev–Trinajstić information content (AvgIpc) is 3.12. The number of hydroxylamine groups is 1. The molecule has 0 saturated heterocycles. The zero-order valence-electron chi connectivity index (χ0n) is 13.6. The fraction of sp³-hybridized carbons (Fsp3) is 0.333. The van der Waals surface area contributed by atoms with Crippen LogP contribution in [0.4, 0.5) is 0 Å². The number of hydrogen-bond acceptors (Lipinski definition) is 5. The van der Waals surface area contributed by atoms with Crippen LogP contribution in [0.2, 0.25) is 0 Å². The third-order valence-electron chi connectivity index (χ3n) is 3.41. The van der Waals surface area contributed by atoms with Crippen molar-refractivity contribution in [3.63, 3.8) is 0 Å². The van der Waals surface area contributed by atoms with Gasteiger partial charge in [-0.3, -0.25) is 14.4 Å². The summed E-state index contributed by atoms with van der Waals surface area (Å²) in [5.74, 6) is 1.07. The van der Waals surface area contributed by atoms with Gasteiger partial charge in [0.1, 0.15) is 11.5 Å². The van der Waals surface area contributed by atoms with Gasteiger partial charge in [0.15, 0.2) is 5.78 Å². The van der Waals surface area contributed by atoms with E-state index < -0.39 is 0 Å². The summed E-state index contributed by atoms with van der Waals surface area (Å²) in [5, 5.41) is 0. The minimum absolute atomic E-state index is 0.0776. The molecule has 0 aliphatic carbocycles. The number of furan rings is 1. The zero-order valence-corrected chi connectivity index (χ0v) is 13.6. The molecule has 6 heteroatoms. The van der Waals surface area contributed by atoms with Gasteiger partial charge in [0.25, 0.3) is 0 Å². The molecule has 6 nitrogen and oxygen atoms in total. The third kappa shape index (κ3) is 5.89. The minimum Gasteiger partial charge on any atom is -0.497 e. The highest BCUT2D eigenvalue weighted by atomic mass is 16.6. The molecule has 1 N–H and O–H groups in total. The zero-order chi connectivity index (χ0) is 17.2. The summed E-state index contributed by atoms with van der Waals surface area (Å²) in [4.78, 5) is 28.8. The van der Waals surface area contributed by atoms with E-state index in [2.05, 4.69) is 5.48 Å². The van der Waals surface area contributed by atoms with Gasteiger partial charge in [0.2, 0.25) is 5.91 Å². The summed E-state index contributed by atoms with van der Waals surface area (Å²) in [6, 6.07) is 10.6. The standard InChI is InChI=1S/C18H21NO5/c1-22-16-6-2-5-14(13-16)17(20)9-10-18(21)19-24-12-4-8-15-7-3-11-23-15/h2-3,5-7,11,13H,4,8-10,12H2,1H3,(H,19,21). The van der Waals surface area contributed by atoms with Crippen LogP contribution in [0, 0.1) is 0 Å². The van der Waals surface area contributed by atoms with E-state index in [0.717, 1.165) is 18.6 Å². The molecule has 0 radical (unpaired) electrons. The third-order valence-corrected chi connectivity index (χ3v) is 3.41. The Bertz CT molecular complexity index is 651. The number of carbonyl (C=O) groups is 2. The molecule has 1 aromatic heterocycles. The van der Waals surface area contributed by atoms with Gasteiger partial charge in [-0.25, -0.2) is 5.48 Å². The summed E-state index contributed by atoms with van der Waals surface area (Å²) >= 11 is 0. The van der Waals surface area contributed by atoms with E-state index in [1.54, 1.807) is 37.6 Å². The smallest absolute Gasteiger partial charge is 0.243 e. The normalized spacial score (nSPS) is 10.4. The fourth-order valence-electron chi connectivity index (χ4n) is 2.12. The Hall–Kier alpha value is -2.60. The van der Waals surface area contributed by atoms with Crippen molar-refractivity contribution in [2.75, 3.05) is 13.7 Å². The molecule has 0 atom stereocenters. The highest BCUT2D eigenvalue weighted by Gasteiger charge is 2.10. The second kappa shape index (κ2) is 9.52. The Balaban J connectivity index is 1.61. The molecule has 0 bridgehead atoms. The second-order valence-electron chi connectivity index (χ2n) is 5.21. The van der Waals surface area contributed by atoms with Gasteiger partial charge in [-0.2, -0.15) is 0 Å². The van der Waals surface area contributed by atoms with Gasteiger partial charge in [0, 0.05) is 24.8 Å². The van der Waals surface area contributed by atoms with Crippen LogP contribution < -0.4 is 10.2 Å². The maximum absolute atomic E-state index is 12.0. The van der Waals surface area contributed by atoms with E-state index in [1.165, 1.54) is 0 Å². The van der Waals surface area contributed by atoms with Gasteiger partial charge < -0.3 is 9.15 Å². The SMILES string of the molecule is COc1cccc(C(=O)CCC(=O)NOCCCc2ccco2)c1. The first-order chi connectivity index (χ1) is 11.7. The van der Waals surface area contributed by atoms with Crippen LogP contribution in [0.3, 0.4) is 0 Å². The average molecular weight is 331 g/mol. The maximum atomic E-state index is 12.0. The lowest BCUT2D eigenvalue weighted by Crippen LogP contribution is -2.24. The summed E-state index contributed by atoms with van der Waals surface area (Å²) in [7, 11) is 1.54. The van der Waals surface area contributed by atoms with Crippen molar-refractivity contribution in [1.82, 2.24) is 5.48 Å². The van der Waals surface area contributed by atoms with E-state index in [1.807, 2.05) is 12.1 Å². The van der Waals surface area contributed by atoms with E-state index in [-0.39, 0.29) is 24.5 Å². The molecule has 1 amide bonds. The molecular formula is C18H21NO5. The predicted molar refractivity (Wildman–Crippen MR) is 87.7 cm³/mol. The molecular weight excluding hydrogens is 310 g/mol. The Morgan fingerprint density at radius 2 is 2.04 bits per heavy atom. The molecule has 0 aliphatic rings. The number of ketones is 1. The van der Waals surface area contributed by atoms with Gasteiger partial charge >= 0.3 is 0 Å². The topological polar surface area (TPSA) is 77.8 Å². The summed E-state index contributed by atoms with van der Waals surface area (Å²) in [6.45, 7) is 0.385. The van der Waals surface area contributed by atoms with Crippen LogP contribution in [0.25, 0.3) is 0 Å². The largest absolute Gasteiger partial charge is 0.497 e. The van der Waals surface area contributed by atoms with Crippen LogP contribution in [0.5, 0.6) is 5.75 Å². The summed E-state index contributed by atoms with van der Waals surface area (Å²) in [6.07, 6.45) is 3.30. The van der Waals surface area contributed by atoms with Gasteiger partial charge in [-0.15, -0.1) is 0 Å². The minimum atomic E-state index is -0.316. The molecule has 0 unspecified atom stereocenters. The fourth-order valence-corrected chi connectivity index (χ4v) is 2.12. The van der Waals surface area contributed by atoms with Gasteiger partial charge in [-0.05, 0) is 30.7 Å². The lowest BCUT2D eigenvalue weighted by atomic mass is 10.1. The van der Waals surface area contributed by atoms with E-state index in [9.17, 15) is 9.59 Å². The quantitative estimate of drug-likeness (QED) is 0.411. The van der Waals surface area contributed by atoms with Gasteiger partial charge in [0.05, 0.1) is 20.0 Å². The number of nitrogens with one attached hydrogen (secondary N) is 1. The van der Waals surface area contributed by atoms with Crippen LogP contribution in [0.15, 0.2) is 47.1 Å². The predicted octanol–water partition coefficient (Wildman–Crippen LogP) is 2.93. The van der Waals surface area contributed by atoms with Crippen LogP contribution in [-0.4, -0.2) is 25.4 Å². The number of Topliss-reactive ketones (excluding diaryl/α,β-unsaturated/α-hetero) is 1. The lowest BCUT2D eigenvalue weighted by molar-refractivity contribution is -0.133. The first kappa shape index (κ1) is 17.7. The molecule has 0 saturated carbocycles. The highest BCUT2D eigenvalue weighted by molar-refractivity contribution is 5.98. The number of amides is 1. The van der Waals surface area contributed by atoms with Crippen molar-refractivity contribution < 1.29 is 23.6 Å². The number of carbonyl (C=O) groups excluding carboxylic acids is 2. The molecule has 1 aromatic carbocycles. The highest BCUT2D eigenvalue weighted by Crippen LogP contribution is 2.14. The molecule has 1 heterocycles. The van der Waals surface area contributed by atoms with E-state index in [0.29, 0.717) is 17.9 Å². The maximum Gasteiger partial charge on any atom is 0.243 e. The summed E-state index contributed by atoms with van der Waals surface area (Å²) in [5.41, 5.74) is 2.87. The molecule has 0 aliphatic heterocycles. The molecule has 2 aromatic rings. The monoisotopic (exact) mass is 331 g/mol.